The van der Waals surface area contributed by atoms with E-state index in [4.69, 9.17) is 23.2 Å². The van der Waals surface area contributed by atoms with Crippen molar-refractivity contribution >= 4 is 47.1 Å². The molecule has 2 aliphatic rings. The van der Waals surface area contributed by atoms with E-state index in [1.54, 1.807) is 24.3 Å². The summed E-state index contributed by atoms with van der Waals surface area (Å²) in [6.45, 7) is 0. The van der Waals surface area contributed by atoms with Crippen LogP contribution >= 0.6 is 23.2 Å². The number of carbonyl (C=O) groups excluding carboxylic acids is 4. The maximum absolute atomic E-state index is 10.8. The zero-order valence-electron chi connectivity index (χ0n) is 9.51. The van der Waals surface area contributed by atoms with Crippen LogP contribution in [-0.4, -0.2) is 23.9 Å². The van der Waals surface area contributed by atoms with E-state index in [1.807, 2.05) is 0 Å². The summed E-state index contributed by atoms with van der Waals surface area (Å²) >= 11 is 10.3. The number of esters is 4. The molecule has 0 bridgehead atoms. The fourth-order valence-electron chi connectivity index (χ4n) is 1.39. The third-order valence-corrected chi connectivity index (χ3v) is 3.07. The highest BCUT2D eigenvalue weighted by Gasteiger charge is 2.30. The molecule has 102 valence electrons. The van der Waals surface area contributed by atoms with Crippen molar-refractivity contribution in [2.24, 2.45) is 0 Å². The minimum Gasteiger partial charge on any atom is -0.386 e. The minimum atomic E-state index is -0.883. The smallest absolute Gasteiger partial charge is 0.359 e. The van der Waals surface area contributed by atoms with Gasteiger partial charge in [0.15, 0.2) is 10.1 Å². The summed E-state index contributed by atoms with van der Waals surface area (Å²) in [5.74, 6) is -2.87. The molecule has 0 unspecified atom stereocenters. The Hall–Kier alpha value is -2.18. The predicted octanol–water partition coefficient (Wildman–Crippen LogP) is 1.76. The van der Waals surface area contributed by atoms with Crippen LogP contribution < -0.4 is 0 Å². The number of cyclic esters (lactones) is 4. The first kappa shape index (κ1) is 14.2. The largest absolute Gasteiger partial charge is 0.386 e. The van der Waals surface area contributed by atoms with Crippen molar-refractivity contribution in [1.82, 2.24) is 0 Å². The van der Waals surface area contributed by atoms with Crippen LogP contribution in [-0.2, 0) is 19.1 Å². The summed E-state index contributed by atoms with van der Waals surface area (Å²) in [6.07, 6.45) is 0. The van der Waals surface area contributed by atoms with Gasteiger partial charge in [-0.25, -0.2) is 19.2 Å². The zero-order valence-corrected chi connectivity index (χ0v) is 11.0. The van der Waals surface area contributed by atoms with Crippen molar-refractivity contribution in [1.29, 1.82) is 0 Å². The van der Waals surface area contributed by atoms with Crippen LogP contribution in [0.1, 0.15) is 20.7 Å². The number of rotatable bonds is 0. The van der Waals surface area contributed by atoms with Crippen molar-refractivity contribution in [3.05, 3.63) is 45.5 Å². The van der Waals surface area contributed by atoms with Gasteiger partial charge in [-0.2, -0.15) is 0 Å². The van der Waals surface area contributed by atoms with E-state index < -0.39 is 23.9 Å². The third kappa shape index (κ3) is 2.56. The van der Waals surface area contributed by atoms with Crippen molar-refractivity contribution in [2.75, 3.05) is 0 Å². The van der Waals surface area contributed by atoms with E-state index in [9.17, 15) is 19.2 Å². The Balaban J connectivity index is 0.000000151. The molecule has 0 fully saturated rings. The Morgan fingerprint density at radius 2 is 1.00 bits per heavy atom. The normalized spacial score (nSPS) is 16.5. The lowest BCUT2D eigenvalue weighted by Crippen LogP contribution is -1.99. The highest BCUT2D eigenvalue weighted by Crippen LogP contribution is 2.23. The second kappa shape index (κ2) is 5.44. The van der Waals surface area contributed by atoms with Gasteiger partial charge in [0.05, 0.1) is 11.1 Å². The topological polar surface area (TPSA) is 86.7 Å². The predicted molar refractivity (Wildman–Crippen MR) is 66.0 cm³/mol. The third-order valence-electron chi connectivity index (χ3n) is 2.29. The molecule has 2 heterocycles. The molecule has 0 radical (unpaired) electrons. The van der Waals surface area contributed by atoms with E-state index in [2.05, 4.69) is 9.47 Å². The molecule has 0 aliphatic carbocycles. The molecule has 0 saturated heterocycles. The van der Waals surface area contributed by atoms with Gasteiger partial charge in [0.2, 0.25) is 0 Å². The summed E-state index contributed by atoms with van der Waals surface area (Å²) < 4.78 is 8.32. The van der Waals surface area contributed by atoms with Gasteiger partial charge in [-0.15, -0.1) is 0 Å². The van der Waals surface area contributed by atoms with Crippen LogP contribution in [0.2, 0.25) is 0 Å². The van der Waals surface area contributed by atoms with Gasteiger partial charge in [-0.05, 0) is 12.1 Å². The van der Waals surface area contributed by atoms with Crippen molar-refractivity contribution in [3.63, 3.8) is 0 Å². The van der Waals surface area contributed by atoms with Gasteiger partial charge in [-0.3, -0.25) is 0 Å². The van der Waals surface area contributed by atoms with E-state index in [0.717, 1.165) is 0 Å². The lowest BCUT2D eigenvalue weighted by molar-refractivity contribution is -0.150. The molecule has 0 saturated carbocycles. The molecule has 0 aromatic heterocycles. The lowest BCUT2D eigenvalue weighted by atomic mass is 10.1. The molecule has 0 atom stereocenters. The maximum atomic E-state index is 10.8. The zero-order chi connectivity index (χ0) is 14.9. The van der Waals surface area contributed by atoms with E-state index in [0.29, 0.717) is 11.1 Å². The van der Waals surface area contributed by atoms with Crippen molar-refractivity contribution in [3.8, 4) is 0 Å². The molecular formula is C12H4Cl2O6. The number of hydrogen-bond acceptors (Lipinski definition) is 6. The first-order valence-corrected chi connectivity index (χ1v) is 5.84. The molecule has 0 N–H and O–H groups in total. The highest BCUT2D eigenvalue weighted by atomic mass is 35.5. The lowest BCUT2D eigenvalue weighted by Gasteiger charge is -1.86. The van der Waals surface area contributed by atoms with E-state index >= 15 is 0 Å². The average Bonchev–Trinajstić information content (AvgIpc) is 2.84. The summed E-state index contributed by atoms with van der Waals surface area (Å²) in [5.41, 5.74) is 0.718. The number of hydrogen-bond donors (Lipinski definition) is 0. The maximum Gasteiger partial charge on any atom is 0.359 e. The molecule has 3 rings (SSSR count). The molecule has 1 aromatic carbocycles. The number of benzene rings is 1. The molecule has 6 nitrogen and oxygen atoms in total. The Morgan fingerprint density at radius 3 is 1.30 bits per heavy atom. The number of fused-ring (bicyclic) bond motifs is 1. The Morgan fingerprint density at radius 1 is 0.650 bits per heavy atom. The minimum absolute atomic E-state index is 0.346. The number of halogens is 2. The summed E-state index contributed by atoms with van der Waals surface area (Å²) in [7, 11) is 0. The van der Waals surface area contributed by atoms with E-state index in [1.165, 1.54) is 0 Å². The Kier molecular flexibility index (Phi) is 3.87. The Labute approximate surface area is 121 Å². The first-order valence-electron chi connectivity index (χ1n) is 5.09. The summed E-state index contributed by atoms with van der Waals surface area (Å²) in [6, 6.07) is 6.53. The van der Waals surface area contributed by atoms with Crippen LogP contribution in [0.4, 0.5) is 0 Å². The summed E-state index contributed by atoms with van der Waals surface area (Å²) in [4.78, 5) is 42.2. The molecule has 1 aromatic rings. The SMILES string of the molecule is O=C1OC(=O)C(Cl)=C1Cl.O=C1OC(=O)c2ccccc21. The molecule has 2 aliphatic heterocycles. The van der Waals surface area contributed by atoms with Crippen LogP contribution in [0.15, 0.2) is 34.3 Å². The number of carbonyl (C=O) groups is 4. The molecular weight excluding hydrogens is 311 g/mol. The van der Waals surface area contributed by atoms with Gasteiger partial charge >= 0.3 is 23.9 Å². The van der Waals surface area contributed by atoms with Gasteiger partial charge in [0, 0.05) is 0 Å². The van der Waals surface area contributed by atoms with E-state index in [-0.39, 0.29) is 10.1 Å². The fraction of sp³-hybridized carbons (Fsp3) is 0. The highest BCUT2D eigenvalue weighted by molar-refractivity contribution is 6.56. The van der Waals surface area contributed by atoms with Crippen molar-refractivity contribution in [2.45, 2.75) is 0 Å². The van der Waals surface area contributed by atoms with Crippen LogP contribution in [0.3, 0.4) is 0 Å². The fourth-order valence-corrected chi connectivity index (χ4v) is 1.62. The average molecular weight is 315 g/mol. The first-order chi connectivity index (χ1) is 9.41. The molecule has 0 spiro atoms. The molecule has 8 heteroatoms. The second-order valence-corrected chi connectivity index (χ2v) is 4.28. The number of ether oxygens (including phenoxy) is 2. The second-order valence-electron chi connectivity index (χ2n) is 3.53. The van der Waals surface area contributed by atoms with Crippen LogP contribution in [0, 0.1) is 0 Å². The standard InChI is InChI=1S/C8H4O3.C4Cl2O3/c9-7-5-3-1-2-4-6(5)8(10)11-7;5-1-2(6)4(8)9-3(1)7/h1-4H;. The van der Waals surface area contributed by atoms with Gasteiger partial charge in [-0.1, -0.05) is 35.3 Å². The van der Waals surface area contributed by atoms with Gasteiger partial charge in [0.1, 0.15) is 0 Å². The molecule has 0 amide bonds. The van der Waals surface area contributed by atoms with Crippen LogP contribution in [0.5, 0.6) is 0 Å². The van der Waals surface area contributed by atoms with Gasteiger partial charge in [0.25, 0.3) is 0 Å². The quantitative estimate of drug-likeness (QED) is 0.535. The monoisotopic (exact) mass is 314 g/mol. The summed E-state index contributed by atoms with van der Waals surface area (Å²) in [5, 5.41) is -0.691. The van der Waals surface area contributed by atoms with Crippen molar-refractivity contribution < 1.29 is 28.7 Å². The van der Waals surface area contributed by atoms with Gasteiger partial charge < -0.3 is 9.47 Å². The molecule has 20 heavy (non-hydrogen) atoms. The van der Waals surface area contributed by atoms with Crippen LogP contribution in [0.25, 0.3) is 0 Å². The Bertz CT molecular complexity index is 621.